The second kappa shape index (κ2) is 6.70. The van der Waals surface area contributed by atoms with Gasteiger partial charge in [-0.3, -0.25) is 14.3 Å². The Hall–Kier alpha value is -1.14. The molecular formula is C11H15ClN2O3S. The normalized spacial score (nSPS) is 12.2. The molecule has 0 heterocycles. The number of nitrogens with zero attached hydrogens (tertiary/aromatic N) is 1. The fourth-order valence-electron chi connectivity index (χ4n) is 1.50. The van der Waals surface area contributed by atoms with Crippen LogP contribution in [0.25, 0.3) is 0 Å². The average molecular weight is 291 g/mol. The molecule has 0 amide bonds. The van der Waals surface area contributed by atoms with Gasteiger partial charge in [0.05, 0.1) is 4.92 Å². The van der Waals surface area contributed by atoms with Gasteiger partial charge < -0.3 is 5.32 Å². The number of halogens is 1. The van der Waals surface area contributed by atoms with Crippen molar-refractivity contribution in [3.8, 4) is 0 Å². The number of hydrogen-bond acceptors (Lipinski definition) is 4. The zero-order valence-corrected chi connectivity index (χ0v) is 11.8. The van der Waals surface area contributed by atoms with E-state index < -0.39 is 15.7 Å². The Morgan fingerprint density at radius 2 is 2.17 bits per heavy atom. The van der Waals surface area contributed by atoms with Crippen molar-refractivity contribution in [1.82, 2.24) is 0 Å². The number of nitro groups is 1. The molecule has 0 radical (unpaired) electrons. The molecule has 0 spiro atoms. The first-order valence-electron chi connectivity index (χ1n) is 5.40. The van der Waals surface area contributed by atoms with Crippen molar-refractivity contribution in [1.29, 1.82) is 0 Å². The van der Waals surface area contributed by atoms with Crippen LogP contribution in [0.5, 0.6) is 0 Å². The second-order valence-electron chi connectivity index (χ2n) is 3.93. The van der Waals surface area contributed by atoms with Crippen LogP contribution in [0.3, 0.4) is 0 Å². The van der Waals surface area contributed by atoms with Crippen molar-refractivity contribution in [3.05, 3.63) is 32.8 Å². The molecule has 1 aromatic rings. The number of anilines is 1. The Balaban J connectivity index is 2.70. The van der Waals surface area contributed by atoms with Gasteiger partial charge in [-0.1, -0.05) is 11.6 Å². The van der Waals surface area contributed by atoms with Gasteiger partial charge in [-0.2, -0.15) is 0 Å². The molecule has 0 saturated heterocycles. The standard InChI is InChI=1S/C11H15ClN2O3S/c1-8-6-11(14(15)16)9(12)7-10(8)13-4-3-5-18(2)17/h6-7,13H,3-5H2,1-2H3. The summed E-state index contributed by atoms with van der Waals surface area (Å²) < 4.78 is 10.9. The van der Waals surface area contributed by atoms with Gasteiger partial charge in [0.25, 0.3) is 5.69 Å². The van der Waals surface area contributed by atoms with Crippen molar-refractivity contribution < 1.29 is 9.13 Å². The highest BCUT2D eigenvalue weighted by Gasteiger charge is 2.14. The van der Waals surface area contributed by atoms with Crippen molar-refractivity contribution in [2.75, 3.05) is 23.9 Å². The molecule has 1 N–H and O–H groups in total. The first-order chi connectivity index (χ1) is 8.41. The zero-order valence-electron chi connectivity index (χ0n) is 10.2. The first kappa shape index (κ1) is 14.9. The lowest BCUT2D eigenvalue weighted by molar-refractivity contribution is -0.384. The van der Waals surface area contributed by atoms with Gasteiger partial charge in [0.1, 0.15) is 5.02 Å². The topological polar surface area (TPSA) is 72.2 Å². The molecule has 100 valence electrons. The second-order valence-corrected chi connectivity index (χ2v) is 5.90. The lowest BCUT2D eigenvalue weighted by Gasteiger charge is -2.09. The molecule has 18 heavy (non-hydrogen) atoms. The maximum Gasteiger partial charge on any atom is 0.288 e. The number of benzene rings is 1. The zero-order chi connectivity index (χ0) is 13.7. The maximum absolute atomic E-state index is 10.9. The summed E-state index contributed by atoms with van der Waals surface area (Å²) in [6.07, 6.45) is 2.44. The largest absolute Gasteiger partial charge is 0.385 e. The Bertz CT molecular complexity index is 480. The summed E-state index contributed by atoms with van der Waals surface area (Å²) in [6, 6.07) is 3.00. The fraction of sp³-hybridized carbons (Fsp3) is 0.455. The van der Waals surface area contributed by atoms with Crippen LogP contribution < -0.4 is 5.32 Å². The van der Waals surface area contributed by atoms with Crippen molar-refractivity contribution in [3.63, 3.8) is 0 Å². The Morgan fingerprint density at radius 1 is 1.50 bits per heavy atom. The molecule has 0 aliphatic carbocycles. The maximum atomic E-state index is 10.9. The molecule has 1 unspecified atom stereocenters. The van der Waals surface area contributed by atoms with E-state index in [0.717, 1.165) is 17.7 Å². The number of aryl methyl sites for hydroxylation is 1. The lowest BCUT2D eigenvalue weighted by Crippen LogP contribution is -2.07. The van der Waals surface area contributed by atoms with Gasteiger partial charge >= 0.3 is 0 Å². The SMILES string of the molecule is Cc1cc([N+](=O)[O-])c(Cl)cc1NCCCS(C)=O. The van der Waals surface area contributed by atoms with Crippen LogP contribution in [0, 0.1) is 17.0 Å². The third-order valence-electron chi connectivity index (χ3n) is 2.41. The van der Waals surface area contributed by atoms with Gasteiger partial charge in [-0.25, -0.2) is 0 Å². The molecule has 7 heteroatoms. The molecule has 1 aromatic carbocycles. The number of hydrogen-bond donors (Lipinski definition) is 1. The number of rotatable bonds is 6. The molecule has 1 atom stereocenters. The van der Waals surface area contributed by atoms with Gasteiger partial charge in [-0.05, 0) is 25.0 Å². The minimum Gasteiger partial charge on any atom is -0.385 e. The van der Waals surface area contributed by atoms with Crippen LogP contribution in [-0.2, 0) is 10.8 Å². The average Bonchev–Trinajstić information content (AvgIpc) is 2.27. The quantitative estimate of drug-likeness (QED) is 0.497. The highest BCUT2D eigenvalue weighted by Crippen LogP contribution is 2.30. The minimum absolute atomic E-state index is 0.0885. The summed E-state index contributed by atoms with van der Waals surface area (Å²) in [5, 5.41) is 13.9. The smallest absolute Gasteiger partial charge is 0.288 e. The molecule has 0 aliphatic heterocycles. The Labute approximate surface area is 113 Å². The van der Waals surface area contributed by atoms with Crippen molar-refractivity contribution >= 4 is 33.8 Å². The minimum atomic E-state index is -0.798. The van der Waals surface area contributed by atoms with Crippen molar-refractivity contribution in [2.45, 2.75) is 13.3 Å². The van der Waals surface area contributed by atoms with Crippen LogP contribution in [0.1, 0.15) is 12.0 Å². The molecule has 0 fully saturated rings. The van der Waals surface area contributed by atoms with Gasteiger partial charge in [0, 0.05) is 41.1 Å². The third kappa shape index (κ3) is 4.27. The van der Waals surface area contributed by atoms with E-state index in [4.69, 9.17) is 11.6 Å². The predicted molar refractivity (Wildman–Crippen MR) is 74.9 cm³/mol. The monoisotopic (exact) mass is 290 g/mol. The number of nitrogens with one attached hydrogen (secondary N) is 1. The van der Waals surface area contributed by atoms with E-state index in [0.29, 0.717) is 12.3 Å². The van der Waals surface area contributed by atoms with Crippen LogP contribution in [0.4, 0.5) is 11.4 Å². The predicted octanol–water partition coefficient (Wildman–Crippen LogP) is 2.74. The molecular weight excluding hydrogens is 276 g/mol. The van der Waals surface area contributed by atoms with Crippen LogP contribution in [0.15, 0.2) is 12.1 Å². The van der Waals surface area contributed by atoms with Crippen molar-refractivity contribution in [2.24, 2.45) is 0 Å². The lowest BCUT2D eigenvalue weighted by atomic mass is 10.1. The molecule has 0 aromatic heterocycles. The Kier molecular flexibility index (Phi) is 5.55. The van der Waals surface area contributed by atoms with E-state index >= 15 is 0 Å². The fourth-order valence-corrected chi connectivity index (χ4v) is 2.28. The highest BCUT2D eigenvalue weighted by molar-refractivity contribution is 7.84. The van der Waals surface area contributed by atoms with Gasteiger partial charge in [0.15, 0.2) is 0 Å². The van der Waals surface area contributed by atoms with E-state index in [1.165, 1.54) is 6.07 Å². The van der Waals surface area contributed by atoms with Crippen LogP contribution in [0.2, 0.25) is 5.02 Å². The Morgan fingerprint density at radius 3 is 2.72 bits per heavy atom. The summed E-state index contributed by atoms with van der Waals surface area (Å²) in [7, 11) is -0.798. The van der Waals surface area contributed by atoms with E-state index in [9.17, 15) is 14.3 Å². The first-order valence-corrected chi connectivity index (χ1v) is 7.50. The summed E-state index contributed by atoms with van der Waals surface area (Å²) >= 11 is 5.83. The summed E-state index contributed by atoms with van der Waals surface area (Å²) in [5.74, 6) is 0.632. The van der Waals surface area contributed by atoms with E-state index in [2.05, 4.69) is 5.32 Å². The number of nitro benzene ring substituents is 1. The van der Waals surface area contributed by atoms with E-state index in [1.807, 2.05) is 0 Å². The van der Waals surface area contributed by atoms with E-state index in [-0.39, 0.29) is 10.7 Å². The summed E-state index contributed by atoms with van der Waals surface area (Å²) in [5.41, 5.74) is 1.45. The molecule has 0 bridgehead atoms. The molecule has 0 aliphatic rings. The molecule has 0 saturated carbocycles. The van der Waals surface area contributed by atoms with Crippen LogP contribution >= 0.6 is 11.6 Å². The van der Waals surface area contributed by atoms with Gasteiger partial charge in [-0.15, -0.1) is 0 Å². The highest BCUT2D eigenvalue weighted by atomic mass is 35.5. The van der Waals surface area contributed by atoms with Gasteiger partial charge in [0.2, 0.25) is 0 Å². The van der Waals surface area contributed by atoms with Crippen LogP contribution in [-0.4, -0.2) is 27.7 Å². The molecule has 1 rings (SSSR count). The summed E-state index contributed by atoms with van der Waals surface area (Å²) in [4.78, 5) is 10.2. The van der Waals surface area contributed by atoms with E-state index in [1.54, 1.807) is 19.2 Å². The third-order valence-corrected chi connectivity index (χ3v) is 3.58. The molecule has 5 nitrogen and oxygen atoms in total. The summed E-state index contributed by atoms with van der Waals surface area (Å²) in [6.45, 7) is 2.44.